The predicted molar refractivity (Wildman–Crippen MR) is 86.7 cm³/mol. The smallest absolute Gasteiger partial charge is 0.348 e. The van der Waals surface area contributed by atoms with Crippen LogP contribution in [0.1, 0.15) is 41.5 Å². The summed E-state index contributed by atoms with van der Waals surface area (Å²) in [6.45, 7) is 5.18. The average molecular weight is 351 g/mol. The van der Waals surface area contributed by atoms with Gasteiger partial charge >= 0.3 is 6.18 Å². The van der Waals surface area contributed by atoms with Crippen molar-refractivity contribution >= 4 is 12.1 Å². The van der Waals surface area contributed by atoms with Crippen molar-refractivity contribution in [2.75, 3.05) is 0 Å². The molecule has 0 aliphatic carbocycles. The zero-order chi connectivity index (χ0) is 18.9. The molecule has 4 nitrogen and oxygen atoms in total. The summed E-state index contributed by atoms with van der Waals surface area (Å²) in [7, 11) is 0. The molecule has 1 heterocycles. The average Bonchev–Trinajstić information content (AvgIpc) is 2.53. The van der Waals surface area contributed by atoms with Crippen LogP contribution >= 0.6 is 0 Å². The molecule has 0 amide bonds. The molecule has 0 saturated carbocycles. The van der Waals surface area contributed by atoms with E-state index in [1.165, 1.54) is 18.3 Å². The fourth-order valence-electron chi connectivity index (χ4n) is 2.69. The highest BCUT2D eigenvalue weighted by atomic mass is 19.4. The molecule has 0 bridgehead atoms. The number of hydrogen-bond donors (Lipinski definition) is 0. The fraction of sp³-hybridized carbons (Fsp3) is 0.278. The Hall–Kier alpha value is -2.70. The highest BCUT2D eigenvalue weighted by Gasteiger charge is 2.31. The molecule has 0 atom stereocenters. The van der Waals surface area contributed by atoms with Gasteiger partial charge in [0.05, 0.1) is 11.1 Å². The Bertz CT molecular complexity index is 895. The van der Waals surface area contributed by atoms with Crippen LogP contribution in [0.25, 0.3) is 11.1 Å². The quantitative estimate of drug-likeness (QED) is 0.478. The molecule has 2 aromatic rings. The van der Waals surface area contributed by atoms with E-state index in [0.29, 0.717) is 5.69 Å². The molecule has 0 spiro atoms. The Balaban J connectivity index is 2.85. The zero-order valence-corrected chi connectivity index (χ0v) is 13.8. The van der Waals surface area contributed by atoms with Crippen LogP contribution in [0.4, 0.5) is 13.2 Å². The van der Waals surface area contributed by atoms with Gasteiger partial charge in [-0.1, -0.05) is 12.1 Å². The number of rotatable bonds is 4. The topological polar surface area (TPSA) is 56.1 Å². The lowest BCUT2D eigenvalue weighted by Gasteiger charge is -2.19. The largest absolute Gasteiger partial charge is 0.416 e. The first-order valence-corrected chi connectivity index (χ1v) is 7.50. The Labute approximate surface area is 141 Å². The number of aromatic nitrogens is 1. The van der Waals surface area contributed by atoms with Gasteiger partial charge in [-0.25, -0.2) is 0 Å². The van der Waals surface area contributed by atoms with Gasteiger partial charge in [-0.15, -0.1) is 0 Å². The van der Waals surface area contributed by atoms with Gasteiger partial charge in [-0.2, -0.15) is 13.2 Å². The van der Waals surface area contributed by atoms with Crippen LogP contribution in [0.5, 0.6) is 0 Å². The van der Waals surface area contributed by atoms with Gasteiger partial charge in [0.2, 0.25) is 11.2 Å². The summed E-state index contributed by atoms with van der Waals surface area (Å²) in [5.74, 6) is -1.01. The van der Waals surface area contributed by atoms with E-state index in [2.05, 4.69) is 0 Å². The Morgan fingerprint density at radius 1 is 1.24 bits per heavy atom. The first-order chi connectivity index (χ1) is 11.6. The number of Topliss-reactive ketones (excluding diaryl/α,β-unsaturated/α-hetero) is 1. The maximum Gasteiger partial charge on any atom is 0.416 e. The van der Waals surface area contributed by atoms with Gasteiger partial charge < -0.3 is 4.57 Å². The van der Waals surface area contributed by atoms with Crippen LogP contribution in [-0.2, 0) is 11.0 Å². The van der Waals surface area contributed by atoms with Crippen molar-refractivity contribution in [1.29, 1.82) is 0 Å². The molecule has 1 aromatic heterocycles. The molecule has 0 aliphatic heterocycles. The minimum Gasteiger partial charge on any atom is -0.348 e. The molecule has 0 saturated heterocycles. The fourth-order valence-corrected chi connectivity index (χ4v) is 2.69. The summed E-state index contributed by atoms with van der Waals surface area (Å²) in [6, 6.07) is 4.18. The normalized spacial score (nSPS) is 11.6. The van der Waals surface area contributed by atoms with Crippen LogP contribution < -0.4 is 5.43 Å². The minimum absolute atomic E-state index is 0.0205. The number of hydrogen-bond acceptors (Lipinski definition) is 3. The molecule has 0 radical (unpaired) electrons. The van der Waals surface area contributed by atoms with E-state index in [9.17, 15) is 27.6 Å². The Morgan fingerprint density at radius 2 is 1.88 bits per heavy atom. The van der Waals surface area contributed by atoms with Gasteiger partial charge in [-0.05, 0) is 38.5 Å². The lowest BCUT2D eigenvalue weighted by molar-refractivity contribution is -0.137. The number of carbonyl (C=O) groups excluding carboxylic acids is 2. The Morgan fingerprint density at radius 3 is 2.40 bits per heavy atom. The molecule has 0 fully saturated rings. The third kappa shape index (κ3) is 3.55. The lowest BCUT2D eigenvalue weighted by Crippen LogP contribution is -2.24. The standard InChI is InChI=1S/C18H16F3NO3/c1-10(2)22-8-14(15(24)9-23)17(25)16(11(22)3)12-5-4-6-13(7-12)18(19,20)21/h4-10H,1-3H3. The van der Waals surface area contributed by atoms with Gasteiger partial charge in [0, 0.05) is 23.5 Å². The number of alkyl halides is 3. The van der Waals surface area contributed by atoms with Crippen molar-refractivity contribution < 1.29 is 22.8 Å². The van der Waals surface area contributed by atoms with E-state index in [0.717, 1.165) is 12.1 Å². The van der Waals surface area contributed by atoms with Crippen LogP contribution in [0.3, 0.4) is 0 Å². The highest BCUT2D eigenvalue weighted by Crippen LogP contribution is 2.32. The number of benzene rings is 1. The summed E-state index contributed by atoms with van der Waals surface area (Å²) < 4.78 is 40.5. The zero-order valence-electron chi connectivity index (χ0n) is 13.8. The van der Waals surface area contributed by atoms with Gasteiger partial charge in [-0.3, -0.25) is 14.4 Å². The lowest BCUT2D eigenvalue weighted by atomic mass is 9.98. The number of aldehydes is 1. The second-order valence-electron chi connectivity index (χ2n) is 5.89. The monoisotopic (exact) mass is 351 g/mol. The van der Waals surface area contributed by atoms with Crippen LogP contribution in [0.15, 0.2) is 35.3 Å². The molecule has 25 heavy (non-hydrogen) atoms. The molecular weight excluding hydrogens is 335 g/mol. The molecule has 0 N–H and O–H groups in total. The second kappa shape index (κ2) is 6.66. The van der Waals surface area contributed by atoms with Crippen LogP contribution in [0.2, 0.25) is 0 Å². The van der Waals surface area contributed by atoms with E-state index in [1.54, 1.807) is 25.3 Å². The van der Waals surface area contributed by atoms with Crippen molar-refractivity contribution in [2.24, 2.45) is 0 Å². The number of pyridine rings is 1. The molecule has 132 valence electrons. The van der Waals surface area contributed by atoms with Crippen LogP contribution in [-0.4, -0.2) is 16.6 Å². The van der Waals surface area contributed by atoms with E-state index in [-0.39, 0.29) is 29.0 Å². The number of carbonyl (C=O) groups is 2. The summed E-state index contributed by atoms with van der Waals surface area (Å²) in [5, 5.41) is 0. The summed E-state index contributed by atoms with van der Waals surface area (Å²) in [5.41, 5.74) is -1.57. The maximum atomic E-state index is 13.0. The van der Waals surface area contributed by atoms with Crippen molar-refractivity contribution in [1.82, 2.24) is 4.57 Å². The predicted octanol–water partition coefficient (Wildman–Crippen LogP) is 3.81. The minimum atomic E-state index is -4.56. The molecule has 0 aliphatic rings. The van der Waals surface area contributed by atoms with Crippen molar-refractivity contribution in [3.8, 4) is 11.1 Å². The van der Waals surface area contributed by atoms with Crippen molar-refractivity contribution in [2.45, 2.75) is 33.0 Å². The number of halogens is 3. The first kappa shape index (κ1) is 18.6. The van der Waals surface area contributed by atoms with Gasteiger partial charge in [0.1, 0.15) is 0 Å². The van der Waals surface area contributed by atoms with Crippen molar-refractivity contribution in [3.05, 3.63) is 57.5 Å². The first-order valence-electron chi connectivity index (χ1n) is 7.50. The maximum absolute atomic E-state index is 13.0. The van der Waals surface area contributed by atoms with Crippen LogP contribution in [0, 0.1) is 6.92 Å². The molecular formula is C18H16F3NO3. The third-order valence-electron chi connectivity index (χ3n) is 3.90. The second-order valence-corrected chi connectivity index (χ2v) is 5.89. The van der Waals surface area contributed by atoms with E-state index in [1.807, 2.05) is 0 Å². The van der Waals surface area contributed by atoms with Gasteiger partial charge in [0.15, 0.2) is 6.29 Å². The number of ketones is 1. The summed E-state index contributed by atoms with van der Waals surface area (Å²) in [6.07, 6.45) is -3.26. The van der Waals surface area contributed by atoms with Crippen molar-refractivity contribution in [3.63, 3.8) is 0 Å². The summed E-state index contributed by atoms with van der Waals surface area (Å²) >= 11 is 0. The van der Waals surface area contributed by atoms with E-state index >= 15 is 0 Å². The highest BCUT2D eigenvalue weighted by molar-refractivity contribution is 6.33. The third-order valence-corrected chi connectivity index (χ3v) is 3.90. The Kier molecular flexibility index (Phi) is 4.97. The molecule has 2 rings (SSSR count). The SMILES string of the molecule is Cc1c(-c2cccc(C(F)(F)F)c2)c(=O)c(C(=O)C=O)cn1C(C)C. The van der Waals surface area contributed by atoms with Gasteiger partial charge in [0.25, 0.3) is 0 Å². The molecule has 1 aromatic carbocycles. The molecule has 7 heteroatoms. The summed E-state index contributed by atoms with van der Waals surface area (Å²) in [4.78, 5) is 35.2. The van der Waals surface area contributed by atoms with E-state index < -0.39 is 23.0 Å². The molecule has 0 unspecified atom stereocenters. The van der Waals surface area contributed by atoms with E-state index in [4.69, 9.17) is 0 Å². The number of nitrogens with zero attached hydrogens (tertiary/aromatic N) is 1.